The lowest BCUT2D eigenvalue weighted by Crippen LogP contribution is -2.51. The maximum Gasteiger partial charge on any atom is 0.313 e. The molecule has 1 fully saturated rings. The van der Waals surface area contributed by atoms with Crippen molar-refractivity contribution in [2.45, 2.75) is 17.4 Å². The molecule has 0 aliphatic carbocycles. The van der Waals surface area contributed by atoms with Crippen LogP contribution < -0.4 is 4.90 Å². The number of carbonyl (C=O) groups excluding carboxylic acids is 2. The first kappa shape index (κ1) is 19.8. The number of piperazine rings is 1. The fraction of sp³-hybridized carbons (Fsp3) is 0.500. The number of benzene rings is 1. The molecule has 1 aromatic rings. The van der Waals surface area contributed by atoms with Crippen LogP contribution in [0, 0.1) is 0 Å². The van der Waals surface area contributed by atoms with Crippen LogP contribution in [0.15, 0.2) is 18.2 Å². The third-order valence-corrected chi connectivity index (χ3v) is 5.44. The van der Waals surface area contributed by atoms with E-state index in [1.54, 1.807) is 6.07 Å². The molecule has 1 heterocycles. The highest BCUT2D eigenvalue weighted by atomic mass is 127. The van der Waals surface area contributed by atoms with Crippen LogP contribution in [0.2, 0.25) is 10.0 Å². The summed E-state index contributed by atoms with van der Waals surface area (Å²) in [6.45, 7) is 4.78. The molecule has 1 aliphatic heterocycles. The standard InChI is InChI=1S/C16H19Cl2IN2O3/c1-11(22)8-16(23)24-7-6-20-4-5-21(10-15(20)19)14-9-12(17)2-3-13(14)18/h2-3,9,15H,4-8,10H2,1H3. The van der Waals surface area contributed by atoms with E-state index in [1.165, 1.54) is 6.92 Å². The molecule has 8 heteroatoms. The molecule has 0 saturated carbocycles. The molecule has 0 N–H and O–H groups in total. The van der Waals surface area contributed by atoms with Crippen LogP contribution in [0.1, 0.15) is 13.3 Å². The van der Waals surface area contributed by atoms with Gasteiger partial charge in [-0.1, -0.05) is 45.8 Å². The summed E-state index contributed by atoms with van der Waals surface area (Å²) in [4.78, 5) is 26.7. The molecular formula is C16H19Cl2IN2O3. The largest absolute Gasteiger partial charge is 0.464 e. The zero-order valence-electron chi connectivity index (χ0n) is 13.3. The van der Waals surface area contributed by atoms with Gasteiger partial charge in [0.25, 0.3) is 0 Å². The zero-order chi connectivity index (χ0) is 17.7. The highest BCUT2D eigenvalue weighted by molar-refractivity contribution is 14.1. The Morgan fingerprint density at radius 2 is 2.08 bits per heavy atom. The molecule has 0 spiro atoms. The third kappa shape index (κ3) is 5.75. The van der Waals surface area contributed by atoms with Gasteiger partial charge < -0.3 is 9.64 Å². The van der Waals surface area contributed by atoms with Gasteiger partial charge in [-0.15, -0.1) is 0 Å². The van der Waals surface area contributed by atoms with Crippen molar-refractivity contribution in [3.05, 3.63) is 28.2 Å². The molecule has 24 heavy (non-hydrogen) atoms. The van der Waals surface area contributed by atoms with Crippen LogP contribution >= 0.6 is 45.8 Å². The van der Waals surface area contributed by atoms with E-state index in [1.807, 2.05) is 12.1 Å². The van der Waals surface area contributed by atoms with E-state index in [4.69, 9.17) is 27.9 Å². The average molecular weight is 485 g/mol. The number of esters is 1. The second-order valence-corrected chi connectivity index (χ2v) is 7.89. The van der Waals surface area contributed by atoms with Gasteiger partial charge in [-0.2, -0.15) is 0 Å². The van der Waals surface area contributed by atoms with Gasteiger partial charge in [0.1, 0.15) is 18.8 Å². The first-order valence-corrected chi connectivity index (χ1v) is 9.60. The van der Waals surface area contributed by atoms with E-state index in [9.17, 15) is 9.59 Å². The van der Waals surface area contributed by atoms with Gasteiger partial charge in [0.15, 0.2) is 0 Å². The van der Waals surface area contributed by atoms with Gasteiger partial charge in [0.05, 0.1) is 14.8 Å². The maximum absolute atomic E-state index is 11.4. The Bertz CT molecular complexity index is 615. The molecule has 0 bridgehead atoms. The van der Waals surface area contributed by atoms with E-state index in [0.29, 0.717) is 23.2 Å². The number of hydrogen-bond donors (Lipinski definition) is 0. The fourth-order valence-corrected chi connectivity index (χ4v) is 3.94. The second-order valence-electron chi connectivity index (χ2n) is 5.61. The molecular weight excluding hydrogens is 466 g/mol. The summed E-state index contributed by atoms with van der Waals surface area (Å²) in [6, 6.07) is 5.47. The lowest BCUT2D eigenvalue weighted by Gasteiger charge is -2.40. The summed E-state index contributed by atoms with van der Waals surface area (Å²) in [7, 11) is 0. The first-order valence-electron chi connectivity index (χ1n) is 7.60. The molecule has 1 aromatic carbocycles. The number of anilines is 1. The van der Waals surface area contributed by atoms with Gasteiger partial charge >= 0.3 is 5.97 Å². The summed E-state index contributed by atoms with van der Waals surface area (Å²) < 4.78 is 5.36. The molecule has 1 saturated heterocycles. The summed E-state index contributed by atoms with van der Waals surface area (Å²) in [5, 5.41) is 1.36. The number of hydrogen-bond acceptors (Lipinski definition) is 5. The molecule has 132 valence electrons. The van der Waals surface area contributed by atoms with Crippen LogP contribution in [0.3, 0.4) is 0 Å². The van der Waals surface area contributed by atoms with Crippen molar-refractivity contribution in [1.29, 1.82) is 0 Å². The lowest BCUT2D eigenvalue weighted by atomic mass is 10.2. The number of halogens is 3. The molecule has 5 nitrogen and oxygen atoms in total. The van der Waals surface area contributed by atoms with Crippen molar-refractivity contribution in [1.82, 2.24) is 4.90 Å². The van der Waals surface area contributed by atoms with Gasteiger partial charge in [-0.05, 0) is 25.1 Å². The SMILES string of the molecule is CC(=O)CC(=O)OCCN1CCN(c2cc(Cl)ccc2Cl)CC1I. The Kier molecular flexibility index (Phi) is 7.59. The predicted octanol–water partition coefficient (Wildman–Crippen LogP) is 3.40. The number of ketones is 1. The maximum atomic E-state index is 11.4. The van der Waals surface area contributed by atoms with E-state index in [2.05, 4.69) is 32.4 Å². The third-order valence-electron chi connectivity index (χ3n) is 3.71. The van der Waals surface area contributed by atoms with Crippen LogP contribution in [-0.4, -0.2) is 53.5 Å². The van der Waals surface area contributed by atoms with E-state index in [0.717, 1.165) is 25.3 Å². The summed E-state index contributed by atoms with van der Waals surface area (Å²) in [6.07, 6.45) is -0.158. The van der Waals surface area contributed by atoms with Crippen LogP contribution in [0.5, 0.6) is 0 Å². The Balaban J connectivity index is 1.83. The van der Waals surface area contributed by atoms with Gasteiger partial charge in [-0.25, -0.2) is 0 Å². The molecule has 1 aliphatic rings. The zero-order valence-corrected chi connectivity index (χ0v) is 17.0. The number of carbonyl (C=O) groups is 2. The van der Waals surface area contributed by atoms with Crippen molar-refractivity contribution in [2.75, 3.05) is 37.7 Å². The fourth-order valence-electron chi connectivity index (χ4n) is 2.51. The lowest BCUT2D eigenvalue weighted by molar-refractivity contribution is -0.146. The highest BCUT2D eigenvalue weighted by Crippen LogP contribution is 2.31. The number of nitrogens with zero attached hydrogens (tertiary/aromatic N) is 2. The Morgan fingerprint density at radius 1 is 1.33 bits per heavy atom. The van der Waals surface area contributed by atoms with Crippen molar-refractivity contribution < 1.29 is 14.3 Å². The second kappa shape index (κ2) is 9.22. The van der Waals surface area contributed by atoms with Crippen LogP contribution in [0.25, 0.3) is 0 Å². The van der Waals surface area contributed by atoms with Gasteiger partial charge in [-0.3, -0.25) is 14.5 Å². The average Bonchev–Trinajstić information content (AvgIpc) is 2.50. The van der Waals surface area contributed by atoms with E-state index in [-0.39, 0.29) is 16.3 Å². The van der Waals surface area contributed by atoms with Gasteiger partial charge in [0, 0.05) is 31.2 Å². The summed E-state index contributed by atoms with van der Waals surface area (Å²) in [5.41, 5.74) is 0.943. The molecule has 0 aromatic heterocycles. The quantitative estimate of drug-likeness (QED) is 0.203. The topological polar surface area (TPSA) is 49.9 Å². The number of Topliss-reactive ketones (excluding diaryl/α,β-unsaturated/α-hetero) is 1. The normalized spacial score (nSPS) is 18.5. The molecule has 1 atom stereocenters. The Morgan fingerprint density at radius 3 is 2.75 bits per heavy atom. The van der Waals surface area contributed by atoms with E-state index < -0.39 is 5.97 Å². The Hall–Kier alpha value is -0.570. The van der Waals surface area contributed by atoms with Crippen LogP contribution in [-0.2, 0) is 14.3 Å². The van der Waals surface area contributed by atoms with Crippen molar-refractivity contribution in [3.63, 3.8) is 0 Å². The number of rotatable bonds is 6. The van der Waals surface area contributed by atoms with Crippen molar-refractivity contribution in [3.8, 4) is 0 Å². The summed E-state index contributed by atoms with van der Waals surface area (Å²) >= 11 is 14.7. The Labute approximate surface area is 165 Å². The van der Waals surface area contributed by atoms with Crippen LogP contribution in [0.4, 0.5) is 5.69 Å². The van der Waals surface area contributed by atoms with E-state index >= 15 is 0 Å². The first-order chi connectivity index (χ1) is 11.4. The molecule has 0 radical (unpaired) electrons. The summed E-state index contributed by atoms with van der Waals surface area (Å²) in [5.74, 6) is -0.643. The minimum atomic E-state index is -0.461. The predicted molar refractivity (Wildman–Crippen MR) is 104 cm³/mol. The van der Waals surface area contributed by atoms with Gasteiger partial charge in [0.2, 0.25) is 0 Å². The minimum absolute atomic E-state index is 0.158. The van der Waals surface area contributed by atoms with Crippen molar-refractivity contribution >= 4 is 63.2 Å². The molecule has 2 rings (SSSR count). The minimum Gasteiger partial charge on any atom is -0.464 e. The monoisotopic (exact) mass is 484 g/mol. The number of alkyl halides is 1. The highest BCUT2D eigenvalue weighted by Gasteiger charge is 2.26. The molecule has 1 unspecified atom stereocenters. The van der Waals surface area contributed by atoms with Crippen molar-refractivity contribution in [2.24, 2.45) is 0 Å². The smallest absolute Gasteiger partial charge is 0.313 e. The molecule has 0 amide bonds. The number of ether oxygens (including phenoxy) is 1.